The van der Waals surface area contributed by atoms with Gasteiger partial charge >= 0.3 is 5.97 Å². The summed E-state index contributed by atoms with van der Waals surface area (Å²) in [5.41, 5.74) is -0.711. The minimum atomic E-state index is -0.711. The molecular weight excluding hydrogens is 266 g/mol. The molecule has 0 bridgehead atoms. The lowest BCUT2D eigenvalue weighted by Gasteiger charge is -2.28. The maximum Gasteiger partial charge on any atom is 0.326 e. The Balaban J connectivity index is 2.62. The quantitative estimate of drug-likeness (QED) is 0.605. The summed E-state index contributed by atoms with van der Waals surface area (Å²) in [7, 11) is 1.76. The second-order valence-electron chi connectivity index (χ2n) is 4.52. The van der Waals surface area contributed by atoms with E-state index in [1.54, 1.807) is 20.9 Å². The van der Waals surface area contributed by atoms with E-state index < -0.39 is 5.54 Å². The van der Waals surface area contributed by atoms with Crippen molar-refractivity contribution in [2.45, 2.75) is 50.1 Å². The first kappa shape index (κ1) is 16.0. The number of hydrogen-bond acceptors (Lipinski definition) is 7. The number of aryl methyl sites for hydroxylation is 1. The number of esters is 1. The van der Waals surface area contributed by atoms with Crippen LogP contribution < -0.4 is 5.32 Å². The Hall–Kier alpha value is -1.08. The van der Waals surface area contributed by atoms with Crippen molar-refractivity contribution in [3.05, 3.63) is 5.89 Å². The molecule has 0 aliphatic rings. The van der Waals surface area contributed by atoms with Crippen LogP contribution >= 0.6 is 11.8 Å². The first-order valence-electron chi connectivity index (χ1n) is 6.24. The highest BCUT2D eigenvalue weighted by atomic mass is 32.2. The number of hydrogen-bond donors (Lipinski definition) is 1. The number of nitrogens with zero attached hydrogens (tertiary/aromatic N) is 2. The number of rotatable bonds is 7. The van der Waals surface area contributed by atoms with Gasteiger partial charge in [0.25, 0.3) is 5.22 Å². The largest absolute Gasteiger partial charge is 0.465 e. The lowest BCUT2D eigenvalue weighted by Crippen LogP contribution is -2.50. The van der Waals surface area contributed by atoms with Crippen LogP contribution in [0.15, 0.2) is 9.64 Å². The highest BCUT2D eigenvalue weighted by Crippen LogP contribution is 2.28. The topological polar surface area (TPSA) is 77.2 Å². The fourth-order valence-corrected chi connectivity index (χ4v) is 2.71. The fourth-order valence-electron chi connectivity index (χ4n) is 1.69. The van der Waals surface area contributed by atoms with E-state index in [1.807, 2.05) is 13.8 Å². The number of nitrogens with one attached hydrogen (secondary N) is 1. The lowest BCUT2D eigenvalue weighted by molar-refractivity contribution is -0.150. The van der Waals surface area contributed by atoms with Gasteiger partial charge in [0.05, 0.1) is 6.61 Å². The van der Waals surface area contributed by atoms with E-state index in [0.29, 0.717) is 24.1 Å². The number of carbonyl (C=O) groups is 1. The molecule has 0 saturated carbocycles. The minimum Gasteiger partial charge on any atom is -0.465 e. The zero-order chi connectivity index (χ0) is 14.5. The number of ether oxygens (including phenoxy) is 1. The first-order valence-corrected chi connectivity index (χ1v) is 7.12. The Morgan fingerprint density at radius 2 is 2.26 bits per heavy atom. The summed E-state index contributed by atoms with van der Waals surface area (Å²) in [6.45, 7) is 7.77. The van der Waals surface area contributed by atoms with E-state index in [9.17, 15) is 4.79 Å². The average Bonchev–Trinajstić information content (AvgIpc) is 2.74. The van der Waals surface area contributed by atoms with Gasteiger partial charge < -0.3 is 14.5 Å². The van der Waals surface area contributed by atoms with E-state index in [2.05, 4.69) is 15.5 Å². The SMILES string of the molecule is CCOC(=O)C(C)(CC(C)Sc1nnc(C)o1)NC. The van der Waals surface area contributed by atoms with Crippen LogP contribution in [-0.2, 0) is 9.53 Å². The average molecular weight is 287 g/mol. The van der Waals surface area contributed by atoms with Crippen LogP contribution in [-0.4, -0.2) is 40.6 Å². The second-order valence-corrected chi connectivity index (χ2v) is 5.91. The molecule has 1 N–H and O–H groups in total. The van der Waals surface area contributed by atoms with Crippen molar-refractivity contribution in [2.24, 2.45) is 0 Å². The van der Waals surface area contributed by atoms with Gasteiger partial charge in [0, 0.05) is 12.2 Å². The Morgan fingerprint density at radius 1 is 1.58 bits per heavy atom. The summed E-state index contributed by atoms with van der Waals surface area (Å²) in [6, 6.07) is 0. The zero-order valence-corrected chi connectivity index (χ0v) is 12.8. The maximum absolute atomic E-state index is 11.9. The van der Waals surface area contributed by atoms with Crippen LogP contribution in [0.1, 0.15) is 33.1 Å². The molecule has 0 fully saturated rings. The molecule has 0 aliphatic heterocycles. The van der Waals surface area contributed by atoms with Gasteiger partial charge in [0.15, 0.2) is 0 Å². The summed E-state index contributed by atoms with van der Waals surface area (Å²) in [4.78, 5) is 11.9. The van der Waals surface area contributed by atoms with Crippen LogP contribution in [0.3, 0.4) is 0 Å². The zero-order valence-electron chi connectivity index (χ0n) is 12.0. The fraction of sp³-hybridized carbons (Fsp3) is 0.750. The Bertz CT molecular complexity index is 424. The van der Waals surface area contributed by atoms with Crippen LogP contribution in [0, 0.1) is 6.92 Å². The van der Waals surface area contributed by atoms with Crippen molar-refractivity contribution in [1.29, 1.82) is 0 Å². The van der Waals surface area contributed by atoms with Crippen LogP contribution in [0.2, 0.25) is 0 Å². The molecule has 0 aromatic carbocycles. The number of carbonyl (C=O) groups excluding carboxylic acids is 1. The highest BCUT2D eigenvalue weighted by Gasteiger charge is 2.35. The molecule has 0 amide bonds. The van der Waals surface area contributed by atoms with Gasteiger partial charge in [-0.3, -0.25) is 4.79 Å². The minimum absolute atomic E-state index is 0.140. The van der Waals surface area contributed by atoms with Crippen molar-refractivity contribution < 1.29 is 13.9 Å². The van der Waals surface area contributed by atoms with Gasteiger partial charge in [0.2, 0.25) is 5.89 Å². The summed E-state index contributed by atoms with van der Waals surface area (Å²) in [5.74, 6) is 0.295. The summed E-state index contributed by atoms with van der Waals surface area (Å²) < 4.78 is 10.4. The smallest absolute Gasteiger partial charge is 0.326 e. The molecular formula is C12H21N3O3S. The number of aromatic nitrogens is 2. The molecule has 1 aromatic rings. The van der Waals surface area contributed by atoms with Gasteiger partial charge in [-0.2, -0.15) is 0 Å². The third-order valence-corrected chi connectivity index (χ3v) is 3.72. The highest BCUT2D eigenvalue weighted by molar-refractivity contribution is 7.99. The molecule has 1 aromatic heterocycles. The third kappa shape index (κ3) is 4.50. The Labute approximate surface area is 117 Å². The van der Waals surface area contributed by atoms with E-state index in [0.717, 1.165) is 0 Å². The van der Waals surface area contributed by atoms with Crippen molar-refractivity contribution in [1.82, 2.24) is 15.5 Å². The van der Waals surface area contributed by atoms with Gasteiger partial charge in [-0.15, -0.1) is 10.2 Å². The molecule has 2 atom stereocenters. The van der Waals surface area contributed by atoms with E-state index in [1.165, 1.54) is 11.8 Å². The van der Waals surface area contributed by atoms with Crippen molar-refractivity contribution in [2.75, 3.05) is 13.7 Å². The van der Waals surface area contributed by atoms with Crippen LogP contribution in [0.5, 0.6) is 0 Å². The van der Waals surface area contributed by atoms with Gasteiger partial charge in [0.1, 0.15) is 5.54 Å². The number of likely N-dealkylation sites (N-methyl/N-ethyl adjacent to an activating group) is 1. The van der Waals surface area contributed by atoms with Crippen molar-refractivity contribution in [3.8, 4) is 0 Å². The Kier molecular flexibility index (Phi) is 5.81. The van der Waals surface area contributed by atoms with E-state index >= 15 is 0 Å². The summed E-state index contributed by atoms with van der Waals surface area (Å²) in [6.07, 6.45) is 0.606. The van der Waals surface area contributed by atoms with Crippen molar-refractivity contribution >= 4 is 17.7 Å². The molecule has 0 aliphatic carbocycles. The first-order chi connectivity index (χ1) is 8.91. The molecule has 2 unspecified atom stereocenters. The van der Waals surface area contributed by atoms with Crippen molar-refractivity contribution in [3.63, 3.8) is 0 Å². The third-order valence-electron chi connectivity index (χ3n) is 2.78. The Morgan fingerprint density at radius 3 is 2.74 bits per heavy atom. The normalized spacial score (nSPS) is 15.8. The molecule has 0 saturated heterocycles. The predicted molar refractivity (Wildman–Crippen MR) is 73.1 cm³/mol. The molecule has 7 heteroatoms. The molecule has 1 rings (SSSR count). The number of thioether (sulfide) groups is 1. The second kappa shape index (κ2) is 6.91. The van der Waals surface area contributed by atoms with Gasteiger partial charge in [-0.1, -0.05) is 18.7 Å². The van der Waals surface area contributed by atoms with Crippen LogP contribution in [0.4, 0.5) is 0 Å². The molecule has 19 heavy (non-hydrogen) atoms. The predicted octanol–water partition coefficient (Wildman–Crippen LogP) is 1.79. The molecule has 108 valence electrons. The van der Waals surface area contributed by atoms with Crippen LogP contribution in [0.25, 0.3) is 0 Å². The molecule has 1 heterocycles. The standard InChI is InChI=1S/C12H21N3O3S/c1-6-17-10(16)12(4,13-5)7-8(2)19-11-15-14-9(3)18-11/h8,13H,6-7H2,1-5H3. The van der Waals surface area contributed by atoms with Gasteiger partial charge in [-0.05, 0) is 27.3 Å². The lowest BCUT2D eigenvalue weighted by atomic mass is 9.96. The summed E-state index contributed by atoms with van der Waals surface area (Å²) in [5, 5.41) is 11.4. The molecule has 6 nitrogen and oxygen atoms in total. The molecule has 0 spiro atoms. The van der Waals surface area contributed by atoms with E-state index in [-0.39, 0.29) is 11.2 Å². The van der Waals surface area contributed by atoms with Gasteiger partial charge in [-0.25, -0.2) is 0 Å². The molecule has 0 radical (unpaired) electrons. The summed E-state index contributed by atoms with van der Waals surface area (Å²) >= 11 is 1.45. The van der Waals surface area contributed by atoms with E-state index in [4.69, 9.17) is 9.15 Å². The monoisotopic (exact) mass is 287 g/mol. The maximum atomic E-state index is 11.9.